The third kappa shape index (κ3) is 2.96. The number of aliphatic hydroxyl groups is 1. The Morgan fingerprint density at radius 1 is 1.42 bits per heavy atom. The van der Waals surface area contributed by atoms with Crippen molar-refractivity contribution in [1.29, 1.82) is 0 Å². The van der Waals surface area contributed by atoms with Crippen molar-refractivity contribution in [3.05, 3.63) is 11.7 Å². The van der Waals surface area contributed by atoms with E-state index in [1.54, 1.807) is 6.92 Å². The summed E-state index contributed by atoms with van der Waals surface area (Å²) < 4.78 is 11.1. The molecule has 1 fully saturated rings. The molecule has 1 aliphatic carbocycles. The van der Waals surface area contributed by atoms with Gasteiger partial charge in [0.05, 0.1) is 6.10 Å². The van der Waals surface area contributed by atoms with Crippen LogP contribution >= 0.6 is 0 Å². The van der Waals surface area contributed by atoms with Gasteiger partial charge in [0.25, 0.3) is 0 Å². The molecule has 1 aliphatic rings. The van der Waals surface area contributed by atoms with Crippen LogP contribution < -0.4 is 5.73 Å². The minimum absolute atomic E-state index is 0.273. The number of nitrogens with zero attached hydrogens (tertiary/aromatic N) is 2. The van der Waals surface area contributed by atoms with Crippen LogP contribution in [0.15, 0.2) is 4.52 Å². The maximum Gasteiger partial charge on any atom is 0.246 e. The molecule has 0 spiro atoms. The molecule has 2 unspecified atom stereocenters. The van der Waals surface area contributed by atoms with E-state index in [1.165, 1.54) is 6.42 Å². The molecule has 3 N–H and O–H groups in total. The van der Waals surface area contributed by atoms with Gasteiger partial charge in [0.2, 0.25) is 11.7 Å². The summed E-state index contributed by atoms with van der Waals surface area (Å²) in [6, 6.07) is -0.650. The molecule has 0 amide bonds. The van der Waals surface area contributed by atoms with Crippen molar-refractivity contribution in [2.45, 2.75) is 63.7 Å². The van der Waals surface area contributed by atoms with Crippen molar-refractivity contribution < 1.29 is 14.4 Å². The van der Waals surface area contributed by atoms with Gasteiger partial charge in [-0.05, 0) is 26.7 Å². The fourth-order valence-electron chi connectivity index (χ4n) is 2.59. The number of aliphatic hydroxyl groups excluding tert-OH is 1. The van der Waals surface area contributed by atoms with Gasteiger partial charge in [-0.25, -0.2) is 0 Å². The van der Waals surface area contributed by atoms with Crippen molar-refractivity contribution in [3.8, 4) is 0 Å². The van der Waals surface area contributed by atoms with Crippen LogP contribution in [-0.2, 0) is 10.3 Å². The van der Waals surface area contributed by atoms with Crippen LogP contribution in [0.3, 0.4) is 0 Å². The average Bonchev–Trinajstić information content (AvgIpc) is 2.89. The van der Waals surface area contributed by atoms with E-state index in [9.17, 15) is 5.11 Å². The van der Waals surface area contributed by atoms with E-state index < -0.39 is 17.7 Å². The minimum atomic E-state index is -0.720. The fraction of sp³-hybridized carbons (Fsp3) is 0.846. The zero-order valence-electron chi connectivity index (χ0n) is 11.6. The van der Waals surface area contributed by atoms with Crippen molar-refractivity contribution in [2.75, 3.05) is 6.61 Å². The molecule has 0 aliphatic heterocycles. The minimum Gasteiger partial charge on any atom is -0.391 e. The predicted molar refractivity (Wildman–Crippen MR) is 69.3 cm³/mol. The largest absolute Gasteiger partial charge is 0.391 e. The van der Waals surface area contributed by atoms with Crippen molar-refractivity contribution >= 4 is 0 Å². The Balaban J connectivity index is 2.23. The second kappa shape index (κ2) is 5.98. The summed E-state index contributed by atoms with van der Waals surface area (Å²) in [4.78, 5) is 4.36. The van der Waals surface area contributed by atoms with E-state index in [-0.39, 0.29) is 5.89 Å². The molecular weight excluding hydrogens is 246 g/mol. The summed E-state index contributed by atoms with van der Waals surface area (Å²) in [5.74, 6) is 0.842. The number of hydrogen-bond donors (Lipinski definition) is 2. The maximum atomic E-state index is 9.48. The number of ether oxygens (including phenoxy) is 1. The van der Waals surface area contributed by atoms with Crippen molar-refractivity contribution in [3.63, 3.8) is 0 Å². The second-order valence-electron chi connectivity index (χ2n) is 5.21. The molecule has 1 aromatic heterocycles. The predicted octanol–water partition coefficient (Wildman–Crippen LogP) is 1.65. The SMILES string of the molecule is CCOC1(c2noc(C(N)C(C)O)n2)CCCCC1. The number of aromatic nitrogens is 2. The molecule has 0 aromatic carbocycles. The Morgan fingerprint density at radius 2 is 2.11 bits per heavy atom. The number of nitrogens with two attached hydrogens (primary N) is 1. The van der Waals surface area contributed by atoms with Gasteiger partial charge < -0.3 is 20.1 Å². The lowest BCUT2D eigenvalue weighted by Crippen LogP contribution is -2.34. The monoisotopic (exact) mass is 269 g/mol. The first-order valence-electron chi connectivity index (χ1n) is 7.01. The molecule has 1 heterocycles. The third-order valence-corrected chi connectivity index (χ3v) is 3.74. The molecule has 1 aromatic rings. The van der Waals surface area contributed by atoms with Crippen molar-refractivity contribution in [1.82, 2.24) is 10.1 Å². The van der Waals surface area contributed by atoms with Gasteiger partial charge in [-0.2, -0.15) is 4.98 Å². The summed E-state index contributed by atoms with van der Waals surface area (Å²) in [7, 11) is 0. The quantitative estimate of drug-likeness (QED) is 0.844. The van der Waals surface area contributed by atoms with Gasteiger partial charge in [-0.15, -0.1) is 0 Å². The zero-order valence-corrected chi connectivity index (χ0v) is 11.6. The smallest absolute Gasteiger partial charge is 0.246 e. The molecule has 0 radical (unpaired) electrons. The van der Waals surface area contributed by atoms with Crippen LogP contribution in [-0.4, -0.2) is 28.0 Å². The Morgan fingerprint density at radius 3 is 2.68 bits per heavy atom. The number of hydrogen-bond acceptors (Lipinski definition) is 6. The summed E-state index contributed by atoms with van der Waals surface area (Å²) in [6.45, 7) is 4.19. The summed E-state index contributed by atoms with van der Waals surface area (Å²) >= 11 is 0. The van der Waals surface area contributed by atoms with Gasteiger partial charge in [0.15, 0.2) is 0 Å². The van der Waals surface area contributed by atoms with Crippen LogP contribution in [0.4, 0.5) is 0 Å². The second-order valence-corrected chi connectivity index (χ2v) is 5.21. The van der Waals surface area contributed by atoms with E-state index in [4.69, 9.17) is 15.0 Å². The highest BCUT2D eigenvalue weighted by Crippen LogP contribution is 2.39. The molecule has 6 heteroatoms. The lowest BCUT2D eigenvalue weighted by molar-refractivity contribution is -0.0777. The molecular formula is C13H23N3O3. The number of rotatable bonds is 5. The van der Waals surface area contributed by atoms with E-state index >= 15 is 0 Å². The Hall–Kier alpha value is -0.980. The molecule has 0 bridgehead atoms. The van der Waals surface area contributed by atoms with Crippen LogP contribution in [0.25, 0.3) is 0 Å². The lowest BCUT2D eigenvalue weighted by atomic mass is 9.84. The summed E-state index contributed by atoms with van der Waals surface area (Å²) in [5, 5.41) is 13.5. The van der Waals surface area contributed by atoms with Gasteiger partial charge in [-0.1, -0.05) is 24.4 Å². The van der Waals surface area contributed by atoms with E-state index in [1.807, 2.05) is 6.92 Å². The first-order valence-corrected chi connectivity index (χ1v) is 7.01. The molecule has 0 saturated heterocycles. The van der Waals surface area contributed by atoms with E-state index in [2.05, 4.69) is 10.1 Å². The van der Waals surface area contributed by atoms with Gasteiger partial charge in [0.1, 0.15) is 11.6 Å². The molecule has 19 heavy (non-hydrogen) atoms. The standard InChI is InChI=1S/C13H23N3O3/c1-3-18-13(7-5-4-6-8-13)12-15-11(19-16-12)10(14)9(2)17/h9-10,17H,3-8,14H2,1-2H3. The van der Waals surface area contributed by atoms with E-state index in [0.29, 0.717) is 12.4 Å². The molecule has 108 valence electrons. The van der Waals surface area contributed by atoms with Crippen LogP contribution in [0.2, 0.25) is 0 Å². The van der Waals surface area contributed by atoms with Gasteiger partial charge in [-0.3, -0.25) is 0 Å². The van der Waals surface area contributed by atoms with Crippen molar-refractivity contribution in [2.24, 2.45) is 5.73 Å². The van der Waals surface area contributed by atoms with Crippen LogP contribution in [0, 0.1) is 0 Å². The molecule has 6 nitrogen and oxygen atoms in total. The average molecular weight is 269 g/mol. The Labute approximate surface area is 113 Å². The Bertz CT molecular complexity index is 394. The highest BCUT2D eigenvalue weighted by molar-refractivity contribution is 5.05. The first-order chi connectivity index (χ1) is 9.09. The van der Waals surface area contributed by atoms with Gasteiger partial charge in [0, 0.05) is 6.61 Å². The maximum absolute atomic E-state index is 9.48. The molecule has 2 rings (SSSR count). The first kappa shape index (κ1) is 14.4. The van der Waals surface area contributed by atoms with Crippen LogP contribution in [0.1, 0.15) is 63.7 Å². The highest BCUT2D eigenvalue weighted by atomic mass is 16.5. The summed E-state index contributed by atoms with van der Waals surface area (Å²) in [6.07, 6.45) is 4.52. The summed E-state index contributed by atoms with van der Waals surface area (Å²) in [5.41, 5.74) is 5.37. The highest BCUT2D eigenvalue weighted by Gasteiger charge is 2.39. The molecule has 1 saturated carbocycles. The fourth-order valence-corrected chi connectivity index (χ4v) is 2.59. The van der Waals surface area contributed by atoms with Gasteiger partial charge >= 0.3 is 0 Å². The zero-order chi connectivity index (χ0) is 13.9. The topological polar surface area (TPSA) is 94.4 Å². The molecule has 2 atom stereocenters. The Kier molecular flexibility index (Phi) is 4.54. The van der Waals surface area contributed by atoms with E-state index in [0.717, 1.165) is 25.7 Å². The third-order valence-electron chi connectivity index (χ3n) is 3.74. The van der Waals surface area contributed by atoms with Crippen LogP contribution in [0.5, 0.6) is 0 Å². The lowest BCUT2D eigenvalue weighted by Gasteiger charge is -2.33. The normalized spacial score (nSPS) is 22.1.